The van der Waals surface area contributed by atoms with E-state index in [2.05, 4.69) is 0 Å². The van der Waals surface area contributed by atoms with E-state index in [1.54, 1.807) is 13.8 Å². The van der Waals surface area contributed by atoms with E-state index in [-0.39, 0.29) is 6.61 Å². The molecule has 73 valence electrons. The van der Waals surface area contributed by atoms with Gasteiger partial charge in [-0.1, -0.05) is 0 Å². The van der Waals surface area contributed by atoms with E-state index in [0.717, 1.165) is 0 Å². The monoisotopic (exact) mass is 177 g/mol. The highest BCUT2D eigenvalue weighted by Gasteiger charge is 2.30. The van der Waals surface area contributed by atoms with Crippen LogP contribution in [-0.2, 0) is 19.3 Å². The highest BCUT2D eigenvalue weighted by Crippen LogP contribution is 2.10. The molecule has 0 unspecified atom stereocenters. The summed E-state index contributed by atoms with van der Waals surface area (Å²) in [5.41, 5.74) is 0. The molecule has 0 saturated carbocycles. The lowest BCUT2D eigenvalue weighted by Gasteiger charge is -2.23. The van der Waals surface area contributed by atoms with Crippen LogP contribution in [-0.4, -0.2) is 32.4 Å². The van der Waals surface area contributed by atoms with Crippen molar-refractivity contribution in [2.75, 3.05) is 26.4 Å². The second-order valence-corrected chi connectivity index (χ2v) is 2.19. The van der Waals surface area contributed by atoms with Gasteiger partial charge in [-0.15, -0.1) is 0 Å². The molecule has 0 fully saturated rings. The molecule has 0 saturated heterocycles. The van der Waals surface area contributed by atoms with Crippen LogP contribution in [0.25, 0.3) is 0 Å². The smallest absolute Gasteiger partial charge is 0.336 e. The Morgan fingerprint density at radius 2 is 1.50 bits per heavy atom. The lowest BCUT2D eigenvalue weighted by molar-refractivity contribution is -0.399. The van der Waals surface area contributed by atoms with Crippen LogP contribution in [0.15, 0.2) is 0 Å². The Morgan fingerprint density at radius 1 is 1.00 bits per heavy atom. The molecule has 4 nitrogen and oxygen atoms in total. The third-order valence-corrected chi connectivity index (χ3v) is 1.21. The zero-order valence-electron chi connectivity index (χ0n) is 7.96. The van der Waals surface area contributed by atoms with E-state index in [4.69, 9.17) is 14.2 Å². The van der Waals surface area contributed by atoms with Crippen LogP contribution in [0, 0.1) is 0 Å². The van der Waals surface area contributed by atoms with Crippen LogP contribution >= 0.6 is 0 Å². The average Bonchev–Trinajstić information content (AvgIpc) is 2.02. The molecule has 0 atom stereocenters. The predicted octanol–water partition coefficient (Wildman–Crippen LogP) is 1.18. The van der Waals surface area contributed by atoms with Gasteiger partial charge in [0.25, 0.3) is 0 Å². The average molecular weight is 177 g/mol. The standard InChI is InChI=1S/C8H17O4/c1-4-10-7-8(9,11-5-2)12-6-3/h4-7H2,1-3H3. The highest BCUT2D eigenvalue weighted by atomic mass is 16.8. The van der Waals surface area contributed by atoms with Crippen LogP contribution < -0.4 is 0 Å². The molecule has 0 aliphatic rings. The molecule has 4 heteroatoms. The summed E-state index contributed by atoms with van der Waals surface area (Å²) >= 11 is 0. The van der Waals surface area contributed by atoms with Gasteiger partial charge in [-0.25, -0.2) is 0 Å². The SMILES string of the molecule is CCOCC([O])(OCC)OCC. The fourth-order valence-corrected chi connectivity index (χ4v) is 0.792. The van der Waals surface area contributed by atoms with Crippen molar-refractivity contribution >= 4 is 0 Å². The molecule has 0 bridgehead atoms. The minimum absolute atomic E-state index is 0.0643. The molecular formula is C8H17O4. The maximum Gasteiger partial charge on any atom is 0.336 e. The predicted molar refractivity (Wildman–Crippen MR) is 43.2 cm³/mol. The third-order valence-electron chi connectivity index (χ3n) is 1.21. The van der Waals surface area contributed by atoms with Crippen LogP contribution in [0.3, 0.4) is 0 Å². The Kier molecular flexibility index (Phi) is 6.28. The fourth-order valence-electron chi connectivity index (χ4n) is 0.792. The van der Waals surface area contributed by atoms with Gasteiger partial charge in [0.05, 0.1) is 0 Å². The first kappa shape index (κ1) is 11.8. The first-order valence-corrected chi connectivity index (χ1v) is 4.24. The minimum Gasteiger partial charge on any atom is -0.373 e. The van der Waals surface area contributed by atoms with Crippen LogP contribution in [0.4, 0.5) is 0 Å². The van der Waals surface area contributed by atoms with Gasteiger partial charge in [0.1, 0.15) is 6.61 Å². The topological polar surface area (TPSA) is 47.6 Å². The van der Waals surface area contributed by atoms with E-state index < -0.39 is 5.97 Å². The number of ether oxygens (including phenoxy) is 3. The van der Waals surface area contributed by atoms with Gasteiger partial charge in [0, 0.05) is 19.8 Å². The Labute approximate surface area is 73.4 Å². The van der Waals surface area contributed by atoms with Crippen molar-refractivity contribution in [1.29, 1.82) is 0 Å². The van der Waals surface area contributed by atoms with Crippen molar-refractivity contribution in [1.82, 2.24) is 0 Å². The summed E-state index contributed by atoms with van der Waals surface area (Å²) in [6, 6.07) is 0. The summed E-state index contributed by atoms with van der Waals surface area (Å²) in [4.78, 5) is 0. The largest absolute Gasteiger partial charge is 0.373 e. The zero-order valence-corrected chi connectivity index (χ0v) is 7.96. The molecule has 0 rings (SSSR count). The van der Waals surface area contributed by atoms with Crippen molar-refractivity contribution in [3.05, 3.63) is 0 Å². The van der Waals surface area contributed by atoms with Gasteiger partial charge >= 0.3 is 5.97 Å². The van der Waals surface area contributed by atoms with Crippen LogP contribution in [0.2, 0.25) is 0 Å². The maximum atomic E-state index is 11.5. The van der Waals surface area contributed by atoms with Crippen LogP contribution in [0.1, 0.15) is 20.8 Å². The quantitative estimate of drug-likeness (QED) is 0.548. The van der Waals surface area contributed by atoms with Gasteiger partial charge in [-0.2, -0.15) is 5.11 Å². The van der Waals surface area contributed by atoms with E-state index in [9.17, 15) is 5.11 Å². The summed E-state index contributed by atoms with van der Waals surface area (Å²) in [6.07, 6.45) is 0. The van der Waals surface area contributed by atoms with Gasteiger partial charge in [-0.3, -0.25) is 0 Å². The van der Waals surface area contributed by atoms with Crippen molar-refractivity contribution in [3.8, 4) is 0 Å². The van der Waals surface area contributed by atoms with Crippen molar-refractivity contribution in [3.63, 3.8) is 0 Å². The molecule has 0 N–H and O–H groups in total. The lowest BCUT2D eigenvalue weighted by Crippen LogP contribution is -2.39. The van der Waals surface area contributed by atoms with Crippen molar-refractivity contribution in [2.45, 2.75) is 26.7 Å². The fraction of sp³-hybridized carbons (Fsp3) is 1.00. The van der Waals surface area contributed by atoms with E-state index in [0.29, 0.717) is 19.8 Å². The Morgan fingerprint density at radius 3 is 1.83 bits per heavy atom. The minimum atomic E-state index is -1.82. The second kappa shape index (κ2) is 6.37. The first-order chi connectivity index (χ1) is 5.68. The maximum absolute atomic E-state index is 11.5. The van der Waals surface area contributed by atoms with Crippen molar-refractivity contribution < 1.29 is 19.3 Å². The second-order valence-electron chi connectivity index (χ2n) is 2.19. The first-order valence-electron chi connectivity index (χ1n) is 4.24. The molecule has 12 heavy (non-hydrogen) atoms. The van der Waals surface area contributed by atoms with Crippen LogP contribution in [0.5, 0.6) is 0 Å². The van der Waals surface area contributed by atoms with E-state index >= 15 is 0 Å². The van der Waals surface area contributed by atoms with Gasteiger partial charge in [0.15, 0.2) is 0 Å². The molecule has 0 amide bonds. The normalized spacial score (nSPS) is 12.0. The number of hydrogen-bond donors (Lipinski definition) is 0. The molecular weight excluding hydrogens is 160 g/mol. The summed E-state index contributed by atoms with van der Waals surface area (Å²) in [5, 5.41) is 11.5. The highest BCUT2D eigenvalue weighted by molar-refractivity contribution is 4.50. The Balaban J connectivity index is 3.80. The van der Waals surface area contributed by atoms with Gasteiger partial charge < -0.3 is 14.2 Å². The molecule has 0 spiro atoms. The molecule has 0 aliphatic heterocycles. The molecule has 0 aromatic heterocycles. The number of rotatable bonds is 7. The third kappa shape index (κ3) is 4.66. The molecule has 0 aliphatic carbocycles. The van der Waals surface area contributed by atoms with Gasteiger partial charge in [-0.05, 0) is 20.8 Å². The van der Waals surface area contributed by atoms with E-state index in [1.165, 1.54) is 0 Å². The van der Waals surface area contributed by atoms with Gasteiger partial charge in [0.2, 0.25) is 0 Å². The van der Waals surface area contributed by atoms with E-state index in [1.807, 2.05) is 6.92 Å². The van der Waals surface area contributed by atoms with Crippen molar-refractivity contribution in [2.24, 2.45) is 0 Å². The molecule has 0 aromatic carbocycles. The Hall–Kier alpha value is -0.160. The lowest BCUT2D eigenvalue weighted by atomic mass is 10.5. The summed E-state index contributed by atoms with van der Waals surface area (Å²) in [6.45, 7) is 6.40. The molecule has 0 aromatic rings. The molecule has 0 heterocycles. The summed E-state index contributed by atoms with van der Waals surface area (Å²) in [7, 11) is 0. The molecule has 1 radical (unpaired) electrons. The number of hydrogen-bond acceptors (Lipinski definition) is 3. The Bertz CT molecular complexity index is 99.2. The summed E-state index contributed by atoms with van der Waals surface area (Å²) < 4.78 is 14.7. The summed E-state index contributed by atoms with van der Waals surface area (Å²) in [5.74, 6) is -1.82. The zero-order chi connectivity index (χ0) is 9.45.